The molecule has 16 heavy (non-hydrogen) atoms. The SMILES string of the molecule is NC(=S)CCCCCOCc1ccccc1. The van der Waals surface area contributed by atoms with Crippen LogP contribution in [0.15, 0.2) is 30.3 Å². The minimum atomic E-state index is 0.616. The van der Waals surface area contributed by atoms with E-state index in [1.807, 2.05) is 18.2 Å². The first-order valence-corrected chi connectivity index (χ1v) is 6.10. The Kier molecular flexibility index (Phi) is 6.77. The van der Waals surface area contributed by atoms with Crippen molar-refractivity contribution < 1.29 is 4.74 Å². The van der Waals surface area contributed by atoms with Crippen molar-refractivity contribution in [1.29, 1.82) is 0 Å². The van der Waals surface area contributed by atoms with Crippen LogP contribution in [0.5, 0.6) is 0 Å². The highest BCUT2D eigenvalue weighted by Crippen LogP contribution is 2.03. The highest BCUT2D eigenvalue weighted by atomic mass is 32.1. The summed E-state index contributed by atoms with van der Waals surface area (Å²) in [7, 11) is 0. The van der Waals surface area contributed by atoms with Gasteiger partial charge in [-0.05, 0) is 24.8 Å². The Hall–Kier alpha value is -0.930. The first-order chi connectivity index (χ1) is 7.79. The Morgan fingerprint density at radius 1 is 1.12 bits per heavy atom. The second-order valence-corrected chi connectivity index (χ2v) is 4.34. The summed E-state index contributed by atoms with van der Waals surface area (Å²) in [4.78, 5) is 0.616. The van der Waals surface area contributed by atoms with Crippen LogP contribution in [-0.4, -0.2) is 11.6 Å². The molecule has 3 heteroatoms. The van der Waals surface area contributed by atoms with Crippen molar-refractivity contribution >= 4 is 17.2 Å². The van der Waals surface area contributed by atoms with E-state index in [2.05, 4.69) is 12.1 Å². The molecule has 0 unspecified atom stereocenters. The Balaban J connectivity index is 1.94. The van der Waals surface area contributed by atoms with Gasteiger partial charge in [-0.25, -0.2) is 0 Å². The third-order valence-electron chi connectivity index (χ3n) is 2.32. The summed E-state index contributed by atoms with van der Waals surface area (Å²) in [6, 6.07) is 10.2. The number of rotatable bonds is 8. The van der Waals surface area contributed by atoms with Crippen LogP contribution in [-0.2, 0) is 11.3 Å². The molecule has 0 fully saturated rings. The molecule has 1 aromatic carbocycles. The maximum atomic E-state index is 5.56. The van der Waals surface area contributed by atoms with E-state index in [0.29, 0.717) is 11.6 Å². The van der Waals surface area contributed by atoms with Crippen LogP contribution in [0.4, 0.5) is 0 Å². The molecule has 0 atom stereocenters. The minimum absolute atomic E-state index is 0.616. The molecule has 1 rings (SSSR count). The first-order valence-electron chi connectivity index (χ1n) is 5.69. The number of hydrogen-bond acceptors (Lipinski definition) is 2. The van der Waals surface area contributed by atoms with Gasteiger partial charge in [0.1, 0.15) is 0 Å². The van der Waals surface area contributed by atoms with Crippen LogP contribution in [0.25, 0.3) is 0 Å². The van der Waals surface area contributed by atoms with Gasteiger partial charge in [0.15, 0.2) is 0 Å². The lowest BCUT2D eigenvalue weighted by molar-refractivity contribution is 0.117. The van der Waals surface area contributed by atoms with Crippen LogP contribution >= 0.6 is 12.2 Å². The summed E-state index contributed by atoms with van der Waals surface area (Å²) in [5.74, 6) is 0. The molecule has 2 nitrogen and oxygen atoms in total. The van der Waals surface area contributed by atoms with Crippen LogP contribution in [0.3, 0.4) is 0 Å². The van der Waals surface area contributed by atoms with Gasteiger partial charge in [0.05, 0.1) is 11.6 Å². The Labute approximate surface area is 103 Å². The van der Waals surface area contributed by atoms with E-state index in [0.717, 1.165) is 32.3 Å². The maximum Gasteiger partial charge on any atom is 0.0727 e. The Morgan fingerprint density at radius 2 is 1.88 bits per heavy atom. The molecule has 2 N–H and O–H groups in total. The molecule has 0 radical (unpaired) electrons. The van der Waals surface area contributed by atoms with Crippen LogP contribution in [0.1, 0.15) is 31.2 Å². The van der Waals surface area contributed by atoms with E-state index >= 15 is 0 Å². The van der Waals surface area contributed by atoms with E-state index in [1.165, 1.54) is 5.56 Å². The van der Waals surface area contributed by atoms with Crippen molar-refractivity contribution in [2.45, 2.75) is 32.3 Å². The highest BCUT2D eigenvalue weighted by molar-refractivity contribution is 7.80. The normalized spacial score (nSPS) is 10.2. The zero-order chi connectivity index (χ0) is 11.6. The Bertz CT molecular complexity index is 300. The standard InChI is InChI=1S/C13H19NOS/c14-13(16)9-5-2-6-10-15-11-12-7-3-1-4-8-12/h1,3-4,7-8H,2,5-6,9-11H2,(H2,14,16). The van der Waals surface area contributed by atoms with E-state index < -0.39 is 0 Å². The van der Waals surface area contributed by atoms with Gasteiger partial charge in [0.25, 0.3) is 0 Å². The Morgan fingerprint density at radius 3 is 2.56 bits per heavy atom. The van der Waals surface area contributed by atoms with E-state index in [1.54, 1.807) is 0 Å². The molecule has 0 aliphatic rings. The molecule has 0 aromatic heterocycles. The van der Waals surface area contributed by atoms with Gasteiger partial charge in [-0.15, -0.1) is 0 Å². The van der Waals surface area contributed by atoms with Crippen molar-refractivity contribution in [2.24, 2.45) is 5.73 Å². The molecule has 0 heterocycles. The number of ether oxygens (including phenoxy) is 1. The predicted molar refractivity (Wildman–Crippen MR) is 71.4 cm³/mol. The highest BCUT2D eigenvalue weighted by Gasteiger charge is 1.94. The summed E-state index contributed by atoms with van der Waals surface area (Å²) in [6.45, 7) is 1.52. The molecule has 88 valence electrons. The van der Waals surface area contributed by atoms with Crippen molar-refractivity contribution in [3.8, 4) is 0 Å². The van der Waals surface area contributed by atoms with E-state index in [-0.39, 0.29) is 0 Å². The lowest BCUT2D eigenvalue weighted by atomic mass is 10.2. The van der Waals surface area contributed by atoms with Crippen molar-refractivity contribution in [1.82, 2.24) is 0 Å². The lowest BCUT2D eigenvalue weighted by Gasteiger charge is -2.04. The molecular formula is C13H19NOS. The summed E-state index contributed by atoms with van der Waals surface area (Å²) in [5, 5.41) is 0. The van der Waals surface area contributed by atoms with Crippen LogP contribution in [0.2, 0.25) is 0 Å². The van der Waals surface area contributed by atoms with Crippen LogP contribution < -0.4 is 5.73 Å². The predicted octanol–water partition coefficient (Wildman–Crippen LogP) is 3.05. The number of nitrogens with two attached hydrogens (primary N) is 1. The third kappa shape index (κ3) is 6.53. The van der Waals surface area contributed by atoms with Gasteiger partial charge in [-0.1, -0.05) is 49.0 Å². The summed E-state index contributed by atoms with van der Waals surface area (Å²) in [6.07, 6.45) is 4.14. The molecule has 0 bridgehead atoms. The summed E-state index contributed by atoms with van der Waals surface area (Å²) >= 11 is 4.81. The molecule has 0 saturated carbocycles. The number of hydrogen-bond donors (Lipinski definition) is 1. The van der Waals surface area contributed by atoms with Gasteiger partial charge in [0.2, 0.25) is 0 Å². The third-order valence-corrected chi connectivity index (χ3v) is 2.53. The molecular weight excluding hydrogens is 218 g/mol. The fraction of sp³-hybridized carbons (Fsp3) is 0.462. The van der Waals surface area contributed by atoms with Crippen molar-refractivity contribution in [2.75, 3.05) is 6.61 Å². The zero-order valence-electron chi connectivity index (χ0n) is 9.52. The topological polar surface area (TPSA) is 35.2 Å². The van der Waals surface area contributed by atoms with Gasteiger partial charge in [-0.2, -0.15) is 0 Å². The lowest BCUT2D eigenvalue weighted by Crippen LogP contribution is -2.06. The number of benzene rings is 1. The molecule has 0 aliphatic heterocycles. The van der Waals surface area contributed by atoms with Gasteiger partial charge < -0.3 is 10.5 Å². The average molecular weight is 237 g/mol. The smallest absolute Gasteiger partial charge is 0.0727 e. The maximum absolute atomic E-state index is 5.56. The van der Waals surface area contributed by atoms with Gasteiger partial charge >= 0.3 is 0 Å². The first kappa shape index (κ1) is 13.1. The minimum Gasteiger partial charge on any atom is -0.393 e. The van der Waals surface area contributed by atoms with Crippen molar-refractivity contribution in [3.05, 3.63) is 35.9 Å². The van der Waals surface area contributed by atoms with Gasteiger partial charge in [-0.3, -0.25) is 0 Å². The summed E-state index contributed by atoms with van der Waals surface area (Å²) < 4.78 is 5.56. The number of thiocarbonyl (C=S) groups is 1. The largest absolute Gasteiger partial charge is 0.393 e. The molecule has 0 amide bonds. The fourth-order valence-corrected chi connectivity index (χ4v) is 1.59. The van der Waals surface area contributed by atoms with Gasteiger partial charge in [0, 0.05) is 6.61 Å². The quantitative estimate of drug-likeness (QED) is 0.557. The average Bonchev–Trinajstić information content (AvgIpc) is 2.29. The second-order valence-electron chi connectivity index (χ2n) is 3.82. The van der Waals surface area contributed by atoms with E-state index in [9.17, 15) is 0 Å². The summed E-state index contributed by atoms with van der Waals surface area (Å²) in [5.41, 5.74) is 6.64. The van der Waals surface area contributed by atoms with Crippen molar-refractivity contribution in [3.63, 3.8) is 0 Å². The van der Waals surface area contributed by atoms with Crippen LogP contribution in [0, 0.1) is 0 Å². The molecule has 1 aromatic rings. The second kappa shape index (κ2) is 8.25. The van der Waals surface area contributed by atoms with E-state index in [4.69, 9.17) is 22.7 Å². The number of unbranched alkanes of at least 4 members (excludes halogenated alkanes) is 2. The molecule has 0 saturated heterocycles. The zero-order valence-corrected chi connectivity index (χ0v) is 10.3. The fourth-order valence-electron chi connectivity index (χ4n) is 1.44. The molecule has 0 aliphatic carbocycles. The molecule has 0 spiro atoms. The monoisotopic (exact) mass is 237 g/mol.